The van der Waals surface area contributed by atoms with Gasteiger partial charge in [0.15, 0.2) is 0 Å². The molecule has 1 unspecified atom stereocenters. The van der Waals surface area contributed by atoms with Crippen LogP contribution in [0.2, 0.25) is 0 Å². The standard InChI is InChI=1S/C14H19N3O3/c1-9-7-15-12(20-9)10(2)17-8-11(18)16-14(13(17)19)5-3-4-6-14/h7,10H,3-6,8H2,1-2H3,(H,16,18). The first-order valence-electron chi connectivity index (χ1n) is 7.06. The van der Waals surface area contributed by atoms with E-state index in [2.05, 4.69) is 10.3 Å². The lowest BCUT2D eigenvalue weighted by molar-refractivity contribution is -0.152. The number of hydrogen-bond acceptors (Lipinski definition) is 4. The van der Waals surface area contributed by atoms with Crippen molar-refractivity contribution in [2.24, 2.45) is 0 Å². The topological polar surface area (TPSA) is 75.4 Å². The van der Waals surface area contributed by atoms with Crippen LogP contribution in [0.3, 0.4) is 0 Å². The third-order valence-corrected chi connectivity index (χ3v) is 4.28. The molecule has 1 aliphatic heterocycles. The number of amides is 2. The third kappa shape index (κ3) is 1.99. The van der Waals surface area contributed by atoms with Crippen molar-refractivity contribution in [2.45, 2.75) is 51.1 Å². The fourth-order valence-electron chi connectivity index (χ4n) is 3.19. The number of carbonyl (C=O) groups excluding carboxylic acids is 2. The van der Waals surface area contributed by atoms with E-state index in [0.29, 0.717) is 11.7 Å². The van der Waals surface area contributed by atoms with Gasteiger partial charge in [0.25, 0.3) is 0 Å². The number of oxazole rings is 1. The van der Waals surface area contributed by atoms with Gasteiger partial charge in [-0.05, 0) is 26.7 Å². The van der Waals surface area contributed by atoms with E-state index >= 15 is 0 Å². The summed E-state index contributed by atoms with van der Waals surface area (Å²) in [5.41, 5.74) is -0.689. The molecule has 20 heavy (non-hydrogen) atoms. The van der Waals surface area contributed by atoms with Gasteiger partial charge in [0.1, 0.15) is 23.9 Å². The highest BCUT2D eigenvalue weighted by Crippen LogP contribution is 2.35. The molecule has 6 heteroatoms. The molecule has 1 aromatic rings. The van der Waals surface area contributed by atoms with Crippen molar-refractivity contribution in [3.05, 3.63) is 17.8 Å². The maximum absolute atomic E-state index is 12.8. The van der Waals surface area contributed by atoms with Gasteiger partial charge in [-0.1, -0.05) is 12.8 Å². The molecule has 1 atom stereocenters. The molecule has 0 bridgehead atoms. The van der Waals surface area contributed by atoms with E-state index in [0.717, 1.165) is 25.7 Å². The van der Waals surface area contributed by atoms with Crippen LogP contribution in [-0.2, 0) is 9.59 Å². The molecule has 1 aliphatic carbocycles. The van der Waals surface area contributed by atoms with Gasteiger partial charge >= 0.3 is 0 Å². The van der Waals surface area contributed by atoms with Gasteiger partial charge in [-0.3, -0.25) is 9.59 Å². The largest absolute Gasteiger partial charge is 0.444 e. The molecular formula is C14H19N3O3. The lowest BCUT2D eigenvalue weighted by Crippen LogP contribution is -2.65. The first-order chi connectivity index (χ1) is 9.52. The summed E-state index contributed by atoms with van der Waals surface area (Å²) in [6, 6.07) is -0.320. The first kappa shape index (κ1) is 13.1. The Balaban J connectivity index is 1.88. The smallest absolute Gasteiger partial charge is 0.249 e. The number of piperazine rings is 1. The molecule has 1 saturated heterocycles. The minimum Gasteiger partial charge on any atom is -0.444 e. The second kappa shape index (κ2) is 4.61. The Morgan fingerprint density at radius 3 is 2.70 bits per heavy atom. The SMILES string of the molecule is Cc1cnc(C(C)N2CC(=O)NC3(CCCC3)C2=O)o1. The van der Waals surface area contributed by atoms with Gasteiger partial charge < -0.3 is 14.6 Å². The van der Waals surface area contributed by atoms with E-state index in [-0.39, 0.29) is 24.4 Å². The zero-order valence-corrected chi connectivity index (χ0v) is 11.8. The van der Waals surface area contributed by atoms with Crippen LogP contribution in [0.4, 0.5) is 0 Å². The normalized spacial score (nSPS) is 23.2. The molecule has 1 spiro atoms. The summed E-state index contributed by atoms with van der Waals surface area (Å²) < 4.78 is 5.50. The summed E-state index contributed by atoms with van der Waals surface area (Å²) in [6.07, 6.45) is 5.04. The van der Waals surface area contributed by atoms with Crippen molar-refractivity contribution in [1.82, 2.24) is 15.2 Å². The molecule has 3 rings (SSSR count). The molecule has 0 aromatic carbocycles. The van der Waals surface area contributed by atoms with Gasteiger partial charge in [-0.25, -0.2) is 4.98 Å². The lowest BCUT2D eigenvalue weighted by atomic mass is 9.92. The number of hydrogen-bond donors (Lipinski definition) is 1. The third-order valence-electron chi connectivity index (χ3n) is 4.28. The van der Waals surface area contributed by atoms with Crippen LogP contribution >= 0.6 is 0 Å². The maximum atomic E-state index is 12.8. The lowest BCUT2D eigenvalue weighted by Gasteiger charge is -2.41. The monoisotopic (exact) mass is 277 g/mol. The van der Waals surface area contributed by atoms with E-state index < -0.39 is 5.54 Å². The van der Waals surface area contributed by atoms with Gasteiger partial charge in [0.05, 0.1) is 6.20 Å². The molecule has 0 radical (unpaired) electrons. The van der Waals surface area contributed by atoms with Crippen molar-refractivity contribution in [3.63, 3.8) is 0 Å². The van der Waals surface area contributed by atoms with E-state index in [1.165, 1.54) is 0 Å². The number of carbonyl (C=O) groups is 2. The van der Waals surface area contributed by atoms with Gasteiger partial charge in [0.2, 0.25) is 17.7 Å². The zero-order chi connectivity index (χ0) is 14.3. The molecule has 2 amide bonds. The average molecular weight is 277 g/mol. The van der Waals surface area contributed by atoms with Crippen molar-refractivity contribution in [1.29, 1.82) is 0 Å². The highest BCUT2D eigenvalue weighted by molar-refractivity contribution is 5.98. The van der Waals surface area contributed by atoms with Crippen LogP contribution < -0.4 is 5.32 Å². The number of rotatable bonds is 2. The molecule has 1 saturated carbocycles. The minimum atomic E-state index is -0.689. The molecule has 108 valence electrons. The number of aromatic nitrogens is 1. The number of nitrogens with one attached hydrogen (secondary N) is 1. The summed E-state index contributed by atoms with van der Waals surface area (Å²) in [5.74, 6) is 1.09. The molecule has 2 aliphatic rings. The molecule has 1 N–H and O–H groups in total. The molecule has 2 fully saturated rings. The zero-order valence-electron chi connectivity index (χ0n) is 11.8. The molecule has 2 heterocycles. The van der Waals surface area contributed by atoms with E-state index in [9.17, 15) is 9.59 Å². The molecule has 6 nitrogen and oxygen atoms in total. The Kier molecular flexibility index (Phi) is 3.03. The second-order valence-electron chi connectivity index (χ2n) is 5.76. The van der Waals surface area contributed by atoms with Gasteiger partial charge in [-0.15, -0.1) is 0 Å². The van der Waals surface area contributed by atoms with Crippen LogP contribution in [-0.4, -0.2) is 33.8 Å². The average Bonchev–Trinajstić information content (AvgIpc) is 3.03. The highest BCUT2D eigenvalue weighted by atomic mass is 16.4. The summed E-state index contributed by atoms with van der Waals surface area (Å²) >= 11 is 0. The van der Waals surface area contributed by atoms with Gasteiger partial charge in [0, 0.05) is 0 Å². The first-order valence-corrected chi connectivity index (χ1v) is 7.06. The summed E-state index contributed by atoms with van der Waals surface area (Å²) in [6.45, 7) is 3.74. The van der Waals surface area contributed by atoms with Crippen LogP contribution in [0.1, 0.15) is 50.3 Å². The van der Waals surface area contributed by atoms with Crippen molar-refractivity contribution in [2.75, 3.05) is 6.54 Å². The van der Waals surface area contributed by atoms with Crippen LogP contribution in [0.25, 0.3) is 0 Å². The Labute approximate surface area is 117 Å². The number of aryl methyl sites for hydroxylation is 1. The van der Waals surface area contributed by atoms with E-state index in [1.54, 1.807) is 11.1 Å². The van der Waals surface area contributed by atoms with Crippen LogP contribution in [0.5, 0.6) is 0 Å². The van der Waals surface area contributed by atoms with Crippen molar-refractivity contribution >= 4 is 11.8 Å². The summed E-state index contributed by atoms with van der Waals surface area (Å²) in [7, 11) is 0. The van der Waals surface area contributed by atoms with Crippen molar-refractivity contribution < 1.29 is 14.0 Å². The van der Waals surface area contributed by atoms with Gasteiger partial charge in [-0.2, -0.15) is 0 Å². The Bertz CT molecular complexity index is 546. The fourth-order valence-corrected chi connectivity index (χ4v) is 3.19. The molecule has 1 aromatic heterocycles. The van der Waals surface area contributed by atoms with Crippen LogP contribution in [0, 0.1) is 6.92 Å². The Hall–Kier alpha value is -1.85. The minimum absolute atomic E-state index is 0.00190. The predicted molar refractivity (Wildman–Crippen MR) is 70.7 cm³/mol. The summed E-state index contributed by atoms with van der Waals surface area (Å²) in [5, 5.41) is 2.90. The maximum Gasteiger partial charge on any atom is 0.249 e. The fraction of sp³-hybridized carbons (Fsp3) is 0.643. The predicted octanol–water partition coefficient (Wildman–Crippen LogP) is 1.32. The number of nitrogens with zero attached hydrogens (tertiary/aromatic N) is 2. The molecular weight excluding hydrogens is 258 g/mol. The quantitative estimate of drug-likeness (QED) is 0.884. The van der Waals surface area contributed by atoms with Crippen LogP contribution in [0.15, 0.2) is 10.6 Å². The summed E-state index contributed by atoms with van der Waals surface area (Å²) in [4.78, 5) is 30.5. The Morgan fingerprint density at radius 2 is 2.10 bits per heavy atom. The van der Waals surface area contributed by atoms with E-state index in [1.807, 2.05) is 13.8 Å². The van der Waals surface area contributed by atoms with E-state index in [4.69, 9.17) is 4.42 Å². The second-order valence-corrected chi connectivity index (χ2v) is 5.76. The van der Waals surface area contributed by atoms with Crippen molar-refractivity contribution in [3.8, 4) is 0 Å². The Morgan fingerprint density at radius 1 is 1.40 bits per heavy atom. The highest BCUT2D eigenvalue weighted by Gasteiger charge is 2.49.